The molecule has 0 fully saturated rings. The van der Waals surface area contributed by atoms with E-state index in [-0.39, 0.29) is 90.6 Å². The quantitative estimate of drug-likeness (QED) is 0.0305. The van der Waals surface area contributed by atoms with Crippen molar-refractivity contribution in [1.29, 1.82) is 0 Å². The molecule has 81 heavy (non-hydrogen) atoms. The summed E-state index contributed by atoms with van der Waals surface area (Å²) in [5, 5.41) is 15.3. The number of hydrogen-bond donors (Lipinski definition) is 2. The van der Waals surface area contributed by atoms with Gasteiger partial charge in [0, 0.05) is 70.1 Å². The van der Waals surface area contributed by atoms with Gasteiger partial charge in [-0.15, -0.1) is 23.2 Å². The number of esters is 2. The van der Waals surface area contributed by atoms with Gasteiger partial charge in [0.2, 0.25) is 5.97 Å². The molecular weight excluding hydrogens is 1100 g/mol. The van der Waals surface area contributed by atoms with Crippen LogP contribution in [0.5, 0.6) is 0 Å². The van der Waals surface area contributed by atoms with Gasteiger partial charge in [-0.3, -0.25) is 33.6 Å². The van der Waals surface area contributed by atoms with E-state index in [1.807, 2.05) is 158 Å². The molecule has 0 bridgehead atoms. The van der Waals surface area contributed by atoms with Gasteiger partial charge >= 0.3 is 53.4 Å². The Morgan fingerprint density at radius 3 is 0.605 bits per heavy atom. The van der Waals surface area contributed by atoms with E-state index < -0.39 is 17.9 Å². The van der Waals surface area contributed by atoms with E-state index in [2.05, 4.69) is 32.0 Å². The molecule has 0 atom stereocenters. The molecular formula is C60H85BCl2NaO17. The first-order valence-electron chi connectivity index (χ1n) is 23.8. The number of aliphatic hydroxyl groups is 2. The number of aliphatic hydroxyl groups excluding tert-OH is 2. The number of carbonyl (C=O) groups is 10. The van der Waals surface area contributed by atoms with Crippen LogP contribution in [0.3, 0.4) is 0 Å². The summed E-state index contributed by atoms with van der Waals surface area (Å²) in [6.45, 7) is 22.4. The molecule has 5 rings (SSSR count). The van der Waals surface area contributed by atoms with Crippen LogP contribution < -0.4 is 29.6 Å². The van der Waals surface area contributed by atoms with Crippen molar-refractivity contribution < 1.29 is 112 Å². The fraction of sp³-hybridized carbons (Fsp3) is 0.333. The molecule has 0 saturated carbocycles. The van der Waals surface area contributed by atoms with Crippen LogP contribution in [0, 0.1) is 0 Å². The Hall–Kier alpha value is -6.64. The molecule has 0 spiro atoms. The van der Waals surface area contributed by atoms with Gasteiger partial charge in [0.15, 0.2) is 23.1 Å². The Bertz CT molecular complexity index is 1950. The fourth-order valence-corrected chi connectivity index (χ4v) is 3.60. The molecule has 0 aromatic heterocycles. The largest absolute Gasteiger partial charge is 1.00 e. The summed E-state index contributed by atoms with van der Waals surface area (Å²) in [6.07, 6.45) is 0.750. The minimum atomic E-state index is -0.639. The average molecular weight is 1180 g/mol. The van der Waals surface area contributed by atoms with Gasteiger partial charge in [-0.05, 0) is 62.3 Å². The number of ketones is 4. The maximum Gasteiger partial charge on any atom is 1.00 e. The van der Waals surface area contributed by atoms with Crippen LogP contribution in [-0.4, -0.2) is 109 Å². The summed E-state index contributed by atoms with van der Waals surface area (Å²) < 4.78 is 12.4. The number of hydrogen-bond acceptors (Lipinski definition) is 17. The number of ether oxygens (including phenoxy) is 2. The monoisotopic (exact) mass is 1180 g/mol. The molecule has 445 valence electrons. The summed E-state index contributed by atoms with van der Waals surface area (Å²) in [5.74, 6) is -1.68. The van der Waals surface area contributed by atoms with Crippen molar-refractivity contribution in [2.45, 2.75) is 104 Å². The first-order chi connectivity index (χ1) is 37.3. The molecule has 0 saturated heterocycles. The Balaban J connectivity index is -0.0000000856. The minimum absolute atomic E-state index is 0. The molecule has 2 N–H and O–H groups in total. The Kier molecular flexibility index (Phi) is 95.2. The van der Waals surface area contributed by atoms with Crippen LogP contribution in [0.2, 0.25) is 0 Å². The first kappa shape index (κ1) is 96.6. The number of aldehydes is 1. The van der Waals surface area contributed by atoms with Crippen LogP contribution in [0.15, 0.2) is 158 Å². The standard InChI is InChI=1S/4C8H8O.C6H6.C4H6O4.2C4H8O2.C2H3BO2.2C2H6O.C2H4O.CH2Cl2.CH4.Na/c4*1-7(9)8-5-3-2-4-6-8;1-2-4-6-5-3-1;1-3(5)7-8-4(2)6;2*1-3-6-4(2)5;1-2(4)5-3;3*1-2-3;2-1-3;;/h4*2-6H,1H3;1-6H;1-2H3;2*3H2,1-2H3;1H3;2*3H,2H2,1H3;2H,1H3;1H2;1H4;/q;;;;;;;;-1;;;;;;+1. The first-order valence-corrected chi connectivity index (χ1v) is 24.9. The zero-order valence-corrected chi connectivity index (χ0v) is 52.5. The smallest absolute Gasteiger partial charge is 0.793 e. The van der Waals surface area contributed by atoms with Crippen molar-refractivity contribution in [3.8, 4) is 0 Å². The van der Waals surface area contributed by atoms with Crippen molar-refractivity contribution in [3.05, 3.63) is 180 Å². The molecule has 0 aliphatic carbocycles. The molecule has 3 radical (unpaired) electrons. The van der Waals surface area contributed by atoms with Crippen LogP contribution in [0.4, 0.5) is 0 Å². The second kappa shape index (κ2) is 79.8. The van der Waals surface area contributed by atoms with Crippen LogP contribution in [0.25, 0.3) is 0 Å². The van der Waals surface area contributed by atoms with Crippen molar-refractivity contribution in [3.63, 3.8) is 0 Å². The zero-order valence-electron chi connectivity index (χ0n) is 49.0. The maximum atomic E-state index is 10.6. The van der Waals surface area contributed by atoms with E-state index in [0.29, 0.717) is 13.2 Å². The molecule has 0 aliphatic heterocycles. The molecule has 0 heterocycles. The summed E-state index contributed by atoms with van der Waals surface area (Å²) in [7, 11) is 4.32. The second-order valence-corrected chi connectivity index (χ2v) is 14.2. The number of alkyl halides is 2. The van der Waals surface area contributed by atoms with Crippen molar-refractivity contribution in [2.24, 2.45) is 0 Å². The third-order valence-corrected chi connectivity index (χ3v) is 6.53. The fourth-order valence-electron chi connectivity index (χ4n) is 3.60. The SMILES string of the molecule is C.CC(=O)OOC(C)=O.CC(=O)c1ccccc1.CC(=O)c1ccccc1.CC(=O)c1ccccc1.CC(=O)c1ccccc1.CC=O.CCO.CCO.CCOC(C)=O.CCOC(C)=O.ClCCl.[B-]OC(C)=O.[Na+].c1ccccc1. The van der Waals surface area contributed by atoms with E-state index in [9.17, 15) is 43.2 Å². The van der Waals surface area contributed by atoms with Gasteiger partial charge in [-0.2, -0.15) is 0 Å². The molecule has 17 nitrogen and oxygen atoms in total. The summed E-state index contributed by atoms with van der Waals surface area (Å²) >= 11 is 9.53. The third-order valence-electron chi connectivity index (χ3n) is 6.53. The molecule has 5 aromatic rings. The van der Waals surface area contributed by atoms with Gasteiger partial charge in [-0.1, -0.05) is 165 Å². The summed E-state index contributed by atoms with van der Waals surface area (Å²) in [6, 6.07) is 48.9. The Labute approximate surface area is 515 Å². The zero-order chi connectivity index (χ0) is 62.7. The van der Waals surface area contributed by atoms with Crippen LogP contribution in [-0.2, 0) is 52.7 Å². The third kappa shape index (κ3) is 103. The van der Waals surface area contributed by atoms with Gasteiger partial charge in [-0.25, -0.2) is 19.4 Å². The van der Waals surface area contributed by atoms with E-state index in [1.165, 1.54) is 27.7 Å². The predicted molar refractivity (Wildman–Crippen MR) is 318 cm³/mol. The predicted octanol–water partition coefficient (Wildman–Crippen LogP) is 9.31. The van der Waals surface area contributed by atoms with Crippen molar-refractivity contribution >= 4 is 90.5 Å². The minimum Gasteiger partial charge on any atom is -0.793 e. The number of rotatable bonds is 6. The number of Topliss-reactive ketones (excluding diaryl/α,β-unsaturated/α-hetero) is 4. The van der Waals surface area contributed by atoms with Crippen molar-refractivity contribution in [1.82, 2.24) is 0 Å². The normalized spacial score (nSPS) is 7.74. The second-order valence-electron chi connectivity index (χ2n) is 13.4. The number of halogens is 2. The average Bonchev–Trinajstić information content (AvgIpc) is 3.42. The Morgan fingerprint density at radius 2 is 0.543 bits per heavy atom. The van der Waals surface area contributed by atoms with Crippen LogP contribution in [0.1, 0.15) is 146 Å². The molecule has 0 amide bonds. The number of carbonyl (C=O) groups excluding carboxylic acids is 10. The van der Waals surface area contributed by atoms with Gasteiger partial charge in [0.05, 0.1) is 18.6 Å². The van der Waals surface area contributed by atoms with Gasteiger partial charge < -0.3 is 37.2 Å². The molecule has 5 aromatic carbocycles. The summed E-state index contributed by atoms with van der Waals surface area (Å²) in [5.41, 5.74) is 3.10. The van der Waals surface area contributed by atoms with E-state index >= 15 is 0 Å². The molecule has 0 unspecified atom stereocenters. The molecule has 21 heteroatoms. The topological polar surface area (TPSA) is 257 Å². The van der Waals surface area contributed by atoms with Crippen LogP contribution >= 0.6 is 23.2 Å². The van der Waals surface area contributed by atoms with E-state index in [4.69, 9.17) is 38.2 Å². The Morgan fingerprint density at radius 1 is 0.407 bits per heavy atom. The van der Waals surface area contributed by atoms with Gasteiger partial charge in [0.1, 0.15) is 6.29 Å². The number of benzene rings is 5. The summed E-state index contributed by atoms with van der Waals surface area (Å²) in [4.78, 5) is 108. The van der Waals surface area contributed by atoms with E-state index in [1.54, 1.807) is 55.4 Å². The maximum absolute atomic E-state index is 10.6. The molecule has 0 aliphatic rings. The van der Waals surface area contributed by atoms with Gasteiger partial charge in [0.25, 0.3) is 0 Å². The van der Waals surface area contributed by atoms with E-state index in [0.717, 1.165) is 42.4 Å². The van der Waals surface area contributed by atoms with Crippen molar-refractivity contribution in [2.75, 3.05) is 31.8 Å².